The second-order valence-electron chi connectivity index (χ2n) is 6.08. The number of nitrogens with one attached hydrogen (secondary N) is 2. The number of nitrogens with zero attached hydrogens (tertiary/aromatic N) is 3. The number of benzene rings is 2. The second-order valence-corrected chi connectivity index (χ2v) is 6.08. The van der Waals surface area contributed by atoms with Gasteiger partial charge in [0.1, 0.15) is 5.75 Å². The van der Waals surface area contributed by atoms with E-state index in [1.807, 2.05) is 30.3 Å². The zero-order chi connectivity index (χ0) is 20.5. The lowest BCUT2D eigenvalue weighted by atomic mass is 10.1. The molecule has 2 N–H and O–H groups in total. The lowest BCUT2D eigenvalue weighted by Crippen LogP contribution is -2.11. The monoisotopic (exact) mass is 393 g/mol. The maximum atomic E-state index is 12.1. The van der Waals surface area contributed by atoms with E-state index in [1.165, 1.54) is 0 Å². The number of methoxy groups -OCH3 is 1. The Morgan fingerprint density at radius 1 is 1.14 bits per heavy atom. The summed E-state index contributed by atoms with van der Waals surface area (Å²) in [7, 11) is 1.65. The lowest BCUT2D eigenvalue weighted by molar-refractivity contribution is 0.0527. The van der Waals surface area contributed by atoms with Crippen LogP contribution < -0.4 is 15.4 Å². The molecule has 0 fully saturated rings. The third-order valence-corrected chi connectivity index (χ3v) is 4.08. The Bertz CT molecular complexity index is 964. The SMILES string of the molecule is CCOC(=O)c1ccccc1Nc1nncc(NCCc2cccc(OC)c2)n1. The fourth-order valence-corrected chi connectivity index (χ4v) is 2.70. The van der Waals surface area contributed by atoms with E-state index in [1.54, 1.807) is 38.4 Å². The van der Waals surface area contributed by atoms with Crippen molar-refractivity contribution in [2.45, 2.75) is 13.3 Å². The van der Waals surface area contributed by atoms with Crippen LogP contribution in [0.25, 0.3) is 0 Å². The van der Waals surface area contributed by atoms with E-state index < -0.39 is 5.97 Å². The number of esters is 1. The molecule has 0 bridgehead atoms. The highest BCUT2D eigenvalue weighted by atomic mass is 16.5. The molecule has 0 saturated heterocycles. The molecule has 0 saturated carbocycles. The molecule has 8 heteroatoms. The van der Waals surface area contributed by atoms with Crippen LogP contribution in [0.4, 0.5) is 17.5 Å². The van der Waals surface area contributed by atoms with Gasteiger partial charge in [0.2, 0.25) is 5.95 Å². The van der Waals surface area contributed by atoms with Crippen molar-refractivity contribution in [3.8, 4) is 5.75 Å². The van der Waals surface area contributed by atoms with E-state index in [0.29, 0.717) is 30.2 Å². The minimum Gasteiger partial charge on any atom is -0.497 e. The normalized spacial score (nSPS) is 10.3. The Balaban J connectivity index is 1.63. The summed E-state index contributed by atoms with van der Waals surface area (Å²) in [6.45, 7) is 2.74. The first-order valence-electron chi connectivity index (χ1n) is 9.29. The molecule has 0 radical (unpaired) electrons. The van der Waals surface area contributed by atoms with Gasteiger partial charge in [-0.3, -0.25) is 0 Å². The molecule has 29 heavy (non-hydrogen) atoms. The van der Waals surface area contributed by atoms with Gasteiger partial charge in [0.25, 0.3) is 0 Å². The molecule has 0 unspecified atom stereocenters. The number of hydrogen-bond acceptors (Lipinski definition) is 8. The molecule has 1 aromatic heterocycles. The van der Waals surface area contributed by atoms with Crippen LogP contribution in [-0.4, -0.2) is 41.4 Å². The molecule has 0 aliphatic carbocycles. The van der Waals surface area contributed by atoms with Gasteiger partial charge in [0.15, 0.2) is 5.82 Å². The maximum Gasteiger partial charge on any atom is 0.340 e. The maximum absolute atomic E-state index is 12.1. The first kappa shape index (κ1) is 20.1. The van der Waals surface area contributed by atoms with Crippen LogP contribution in [0.3, 0.4) is 0 Å². The van der Waals surface area contributed by atoms with Crippen molar-refractivity contribution in [2.75, 3.05) is 30.9 Å². The third kappa shape index (κ3) is 5.65. The van der Waals surface area contributed by atoms with Gasteiger partial charge in [0.05, 0.1) is 31.2 Å². The molecule has 0 atom stereocenters. The van der Waals surface area contributed by atoms with E-state index >= 15 is 0 Å². The van der Waals surface area contributed by atoms with Crippen LogP contribution in [0.15, 0.2) is 54.7 Å². The highest BCUT2D eigenvalue weighted by molar-refractivity contribution is 5.96. The quantitative estimate of drug-likeness (QED) is 0.534. The average Bonchev–Trinajstić information content (AvgIpc) is 2.75. The molecule has 0 amide bonds. The fourth-order valence-electron chi connectivity index (χ4n) is 2.70. The number of ether oxygens (including phenoxy) is 2. The Morgan fingerprint density at radius 3 is 2.83 bits per heavy atom. The summed E-state index contributed by atoms with van der Waals surface area (Å²) in [5.74, 6) is 1.29. The van der Waals surface area contributed by atoms with Crippen molar-refractivity contribution in [3.63, 3.8) is 0 Å². The molecule has 0 spiro atoms. The molecule has 0 aliphatic rings. The molecule has 2 aromatic carbocycles. The van der Waals surface area contributed by atoms with Gasteiger partial charge in [0, 0.05) is 6.54 Å². The predicted molar refractivity (Wildman–Crippen MR) is 111 cm³/mol. The number of carbonyl (C=O) groups excluding carboxylic acids is 1. The second kappa shape index (κ2) is 10.0. The average molecular weight is 393 g/mol. The number of rotatable bonds is 9. The zero-order valence-electron chi connectivity index (χ0n) is 16.4. The topological polar surface area (TPSA) is 98.3 Å². The first-order chi connectivity index (χ1) is 14.2. The molecule has 150 valence electrons. The van der Waals surface area contributed by atoms with Gasteiger partial charge >= 0.3 is 5.97 Å². The van der Waals surface area contributed by atoms with Crippen molar-refractivity contribution < 1.29 is 14.3 Å². The summed E-state index contributed by atoms with van der Waals surface area (Å²) in [5.41, 5.74) is 2.12. The Kier molecular flexibility index (Phi) is 6.94. The van der Waals surface area contributed by atoms with Crippen molar-refractivity contribution in [2.24, 2.45) is 0 Å². The zero-order valence-corrected chi connectivity index (χ0v) is 16.4. The van der Waals surface area contributed by atoms with Crippen LogP contribution in [0.1, 0.15) is 22.8 Å². The highest BCUT2D eigenvalue weighted by Gasteiger charge is 2.13. The third-order valence-electron chi connectivity index (χ3n) is 4.08. The van der Waals surface area contributed by atoms with Gasteiger partial charge < -0.3 is 20.1 Å². The number of hydrogen-bond donors (Lipinski definition) is 2. The first-order valence-corrected chi connectivity index (χ1v) is 9.29. The number of carbonyl (C=O) groups is 1. The van der Waals surface area contributed by atoms with Crippen LogP contribution in [0.2, 0.25) is 0 Å². The van der Waals surface area contributed by atoms with Gasteiger partial charge in [-0.2, -0.15) is 10.1 Å². The van der Waals surface area contributed by atoms with Crippen molar-refractivity contribution in [1.29, 1.82) is 0 Å². The van der Waals surface area contributed by atoms with Crippen LogP contribution >= 0.6 is 0 Å². The molecule has 3 aromatic rings. The number of para-hydroxylation sites is 1. The summed E-state index contributed by atoms with van der Waals surface area (Å²) < 4.78 is 10.3. The summed E-state index contributed by atoms with van der Waals surface area (Å²) in [6, 6.07) is 15.0. The molecular formula is C21H23N5O3. The van der Waals surface area contributed by atoms with E-state index in [2.05, 4.69) is 25.8 Å². The Morgan fingerprint density at radius 2 is 2.00 bits per heavy atom. The Hall–Kier alpha value is -3.68. The van der Waals surface area contributed by atoms with E-state index in [-0.39, 0.29) is 5.95 Å². The van der Waals surface area contributed by atoms with Crippen LogP contribution in [0.5, 0.6) is 5.75 Å². The van der Waals surface area contributed by atoms with Crippen LogP contribution in [-0.2, 0) is 11.2 Å². The van der Waals surface area contributed by atoms with E-state index in [4.69, 9.17) is 9.47 Å². The van der Waals surface area contributed by atoms with Crippen molar-refractivity contribution in [3.05, 3.63) is 65.9 Å². The summed E-state index contributed by atoms with van der Waals surface area (Å²) in [5, 5.41) is 14.2. The fraction of sp³-hybridized carbons (Fsp3) is 0.238. The lowest BCUT2D eigenvalue weighted by Gasteiger charge is -2.11. The minimum atomic E-state index is -0.406. The van der Waals surface area contributed by atoms with Gasteiger partial charge in [-0.25, -0.2) is 4.79 Å². The molecule has 1 heterocycles. The highest BCUT2D eigenvalue weighted by Crippen LogP contribution is 2.20. The summed E-state index contributed by atoms with van der Waals surface area (Å²) in [4.78, 5) is 16.5. The molecule has 0 aliphatic heterocycles. The van der Waals surface area contributed by atoms with Gasteiger partial charge in [-0.05, 0) is 43.2 Å². The largest absolute Gasteiger partial charge is 0.497 e. The molecule has 8 nitrogen and oxygen atoms in total. The number of aromatic nitrogens is 3. The van der Waals surface area contributed by atoms with Crippen molar-refractivity contribution >= 4 is 23.4 Å². The summed E-state index contributed by atoms with van der Waals surface area (Å²) >= 11 is 0. The molecular weight excluding hydrogens is 370 g/mol. The van der Waals surface area contributed by atoms with E-state index in [9.17, 15) is 4.79 Å². The summed E-state index contributed by atoms with van der Waals surface area (Å²) in [6.07, 6.45) is 2.35. The molecule has 3 rings (SSSR count). The Labute approximate surface area is 169 Å². The van der Waals surface area contributed by atoms with Crippen LogP contribution in [0, 0.1) is 0 Å². The minimum absolute atomic E-state index is 0.285. The predicted octanol–water partition coefficient (Wildman–Crippen LogP) is 3.46. The van der Waals surface area contributed by atoms with E-state index in [0.717, 1.165) is 17.7 Å². The van der Waals surface area contributed by atoms with Gasteiger partial charge in [-0.1, -0.05) is 24.3 Å². The smallest absolute Gasteiger partial charge is 0.340 e. The van der Waals surface area contributed by atoms with Crippen molar-refractivity contribution in [1.82, 2.24) is 15.2 Å². The number of anilines is 3. The van der Waals surface area contributed by atoms with Gasteiger partial charge in [-0.15, -0.1) is 5.10 Å². The standard InChI is InChI=1S/C21H23N5O3/c1-3-29-20(27)17-9-4-5-10-18(17)24-21-25-19(14-23-26-21)22-12-11-15-7-6-8-16(13-15)28-2/h4-10,13-14H,3,11-12H2,1-2H3,(H2,22,24,25,26).